The van der Waals surface area contributed by atoms with E-state index >= 15 is 0 Å². The third-order valence-electron chi connectivity index (χ3n) is 4.32. The van der Waals surface area contributed by atoms with E-state index in [1.807, 2.05) is 0 Å². The number of rotatable bonds is 4. The molecule has 1 aliphatic rings. The van der Waals surface area contributed by atoms with Gasteiger partial charge in [0.1, 0.15) is 6.07 Å². The van der Waals surface area contributed by atoms with Crippen molar-refractivity contribution in [3.63, 3.8) is 0 Å². The summed E-state index contributed by atoms with van der Waals surface area (Å²) in [4.78, 5) is 1.60. The van der Waals surface area contributed by atoms with E-state index in [4.69, 9.17) is 10.5 Å². The second-order valence-corrected chi connectivity index (χ2v) is 6.15. The van der Waals surface area contributed by atoms with Crippen molar-refractivity contribution >= 4 is 11.4 Å². The molecule has 7 heteroatoms. The number of hydrogen-bond acceptors (Lipinski definition) is 4. The summed E-state index contributed by atoms with van der Waals surface area (Å²) in [7, 11) is 1.27. The van der Waals surface area contributed by atoms with Crippen LogP contribution in [0.25, 0.3) is 5.70 Å². The van der Waals surface area contributed by atoms with Crippen LogP contribution >= 0.6 is 0 Å². The number of anilines is 1. The van der Waals surface area contributed by atoms with Gasteiger partial charge in [-0.25, -0.2) is 0 Å². The fraction of sp³-hybridized carbons (Fsp3) is 0.190. The third kappa shape index (κ3) is 3.80. The molecule has 2 N–H and O–H groups in total. The number of nitrogens with zero attached hydrogens (tertiary/aromatic N) is 2. The van der Waals surface area contributed by atoms with Crippen molar-refractivity contribution in [1.29, 1.82) is 5.26 Å². The molecule has 3 rings (SSSR count). The number of nitrogens with two attached hydrogens (primary N) is 1. The molecule has 0 saturated carbocycles. The molecule has 1 heterocycles. The molecule has 1 aliphatic heterocycles. The second kappa shape index (κ2) is 7.67. The summed E-state index contributed by atoms with van der Waals surface area (Å²) in [5, 5.41) is 9.44. The Balaban J connectivity index is 2.19. The summed E-state index contributed by atoms with van der Waals surface area (Å²) in [5.74, 6) is 0. The number of nitrogen functional groups attached to an aromatic ring is 1. The van der Waals surface area contributed by atoms with E-state index in [2.05, 4.69) is 12.1 Å². The number of hydrogen-bond donors (Lipinski definition) is 1. The minimum atomic E-state index is -4.70. The van der Waals surface area contributed by atoms with Crippen LogP contribution in [0.1, 0.15) is 11.1 Å². The van der Waals surface area contributed by atoms with E-state index in [-0.39, 0.29) is 12.2 Å². The zero-order valence-corrected chi connectivity index (χ0v) is 14.9. The topological polar surface area (TPSA) is 62.3 Å². The summed E-state index contributed by atoms with van der Waals surface area (Å²) in [5.41, 5.74) is 6.27. The number of alkyl halides is 3. The predicted molar refractivity (Wildman–Crippen MR) is 98.0 cm³/mol. The van der Waals surface area contributed by atoms with E-state index in [1.54, 1.807) is 53.4 Å². The molecule has 0 bridgehead atoms. The van der Waals surface area contributed by atoms with Crippen molar-refractivity contribution in [2.24, 2.45) is 0 Å². The van der Waals surface area contributed by atoms with E-state index in [9.17, 15) is 18.4 Å². The molecule has 2 aromatic carbocycles. The van der Waals surface area contributed by atoms with Gasteiger partial charge < -0.3 is 15.4 Å². The molecule has 0 aromatic heterocycles. The zero-order valence-electron chi connectivity index (χ0n) is 14.9. The van der Waals surface area contributed by atoms with Gasteiger partial charge >= 0.3 is 6.18 Å². The quantitative estimate of drug-likeness (QED) is 0.808. The minimum Gasteiger partial charge on any atom is -0.399 e. The van der Waals surface area contributed by atoms with E-state index in [0.29, 0.717) is 11.3 Å². The van der Waals surface area contributed by atoms with Crippen LogP contribution in [0.15, 0.2) is 59.7 Å². The number of nitriles is 1. The summed E-state index contributed by atoms with van der Waals surface area (Å²) >= 11 is 0. The van der Waals surface area contributed by atoms with Crippen molar-refractivity contribution in [2.45, 2.75) is 18.9 Å². The van der Waals surface area contributed by atoms with Gasteiger partial charge in [0, 0.05) is 25.0 Å². The Labute approximate surface area is 160 Å². The summed E-state index contributed by atoms with van der Waals surface area (Å²) in [6.07, 6.45) is -4.93. The highest BCUT2D eigenvalue weighted by Gasteiger charge is 2.42. The normalized spacial score (nSPS) is 17.0. The monoisotopic (exact) mass is 383 g/mol. The average Bonchev–Trinajstić information content (AvgIpc) is 2.67. The first kappa shape index (κ1) is 19.3. The molecule has 142 valence electrons. The molecular formula is C21H16F3N3O. The van der Waals surface area contributed by atoms with Gasteiger partial charge in [0.05, 0.1) is 11.1 Å². The summed E-state index contributed by atoms with van der Waals surface area (Å²) in [6, 6.07) is 18.9. The predicted octanol–water partition coefficient (Wildman–Crippen LogP) is 4.08. The van der Waals surface area contributed by atoms with Gasteiger partial charge in [-0.2, -0.15) is 18.4 Å². The van der Waals surface area contributed by atoms with Gasteiger partial charge in [-0.05, 0) is 47.5 Å². The lowest BCUT2D eigenvalue weighted by Crippen LogP contribution is -2.40. The molecule has 0 fully saturated rings. The van der Waals surface area contributed by atoms with Crippen LogP contribution in [0, 0.1) is 23.5 Å². The lowest BCUT2D eigenvalue weighted by atomic mass is 9.96. The van der Waals surface area contributed by atoms with Crippen molar-refractivity contribution in [2.75, 3.05) is 12.8 Å². The summed E-state index contributed by atoms with van der Waals surface area (Å²) in [6.45, 7) is 0.209. The minimum absolute atomic E-state index is 0.209. The van der Waals surface area contributed by atoms with Crippen molar-refractivity contribution < 1.29 is 17.9 Å². The first-order valence-electron chi connectivity index (χ1n) is 8.30. The van der Waals surface area contributed by atoms with Gasteiger partial charge in [-0.1, -0.05) is 24.3 Å². The molecule has 1 unspecified atom stereocenters. The molecule has 1 atom stereocenters. The van der Waals surface area contributed by atoms with Crippen LogP contribution in [0.3, 0.4) is 0 Å². The van der Waals surface area contributed by atoms with Gasteiger partial charge in [0.25, 0.3) is 0 Å². The molecule has 2 aromatic rings. The van der Waals surface area contributed by atoms with Gasteiger partial charge in [0.2, 0.25) is 0 Å². The average molecular weight is 383 g/mol. The lowest BCUT2D eigenvalue weighted by Gasteiger charge is -2.38. The van der Waals surface area contributed by atoms with Gasteiger partial charge in [0.15, 0.2) is 6.23 Å². The van der Waals surface area contributed by atoms with E-state index < -0.39 is 23.6 Å². The number of methoxy groups -OCH3 is 1. The van der Waals surface area contributed by atoms with E-state index in [1.165, 1.54) is 7.11 Å². The number of halogens is 3. The molecule has 0 spiro atoms. The highest BCUT2D eigenvalue weighted by atomic mass is 19.4. The van der Waals surface area contributed by atoms with Crippen LogP contribution < -0.4 is 5.73 Å². The largest absolute Gasteiger partial charge is 0.417 e. The fourth-order valence-corrected chi connectivity index (χ4v) is 3.10. The van der Waals surface area contributed by atoms with Crippen LogP contribution in [0.5, 0.6) is 0 Å². The van der Waals surface area contributed by atoms with Crippen molar-refractivity contribution in [3.05, 3.63) is 82.9 Å². The Morgan fingerprint density at radius 2 is 2.07 bits per heavy atom. The summed E-state index contributed by atoms with van der Waals surface area (Å²) < 4.78 is 46.3. The Bertz CT molecular complexity index is 959. The number of allylic oxidation sites excluding steroid dienone is 2. The number of ether oxygens (including phenoxy) is 1. The van der Waals surface area contributed by atoms with Crippen molar-refractivity contribution in [1.82, 2.24) is 4.90 Å². The molecule has 0 aliphatic carbocycles. The van der Waals surface area contributed by atoms with Gasteiger partial charge in [-0.15, -0.1) is 0 Å². The number of benzene rings is 1. The Hall–Kier alpha value is -3.42. The molecule has 4 nitrogen and oxygen atoms in total. The maximum absolute atomic E-state index is 13.6. The maximum atomic E-state index is 13.6. The van der Waals surface area contributed by atoms with E-state index in [0.717, 1.165) is 11.6 Å². The van der Waals surface area contributed by atoms with Crippen LogP contribution in [0.2, 0.25) is 0 Å². The smallest absolute Gasteiger partial charge is 0.399 e. The Kier molecular flexibility index (Phi) is 5.30. The van der Waals surface area contributed by atoms with Crippen LogP contribution in [0.4, 0.5) is 18.9 Å². The first-order valence-corrected chi connectivity index (χ1v) is 8.30. The molecule has 28 heavy (non-hydrogen) atoms. The van der Waals surface area contributed by atoms with Crippen molar-refractivity contribution in [3.8, 4) is 6.07 Å². The molecule has 0 radical (unpaired) electrons. The standard InChI is InChI=1S/C21H16F3N3O/c1-28-20-17(12-25)18(21(22,23)24)11-19(15-8-5-9-16(26)10-15)27(20)13-14-6-3-2-4-7-14/h3,5-11,20H,13,26H2,1H3. The molecular weight excluding hydrogens is 367 g/mol. The van der Waals surface area contributed by atoms with Crippen LogP contribution in [-0.4, -0.2) is 24.4 Å². The first-order chi connectivity index (χ1) is 13.3. The SMILES string of the molecule is COC1C(C#N)=C(C(F)(F)F)C=C(c2cccc(N)c2)N1Cc1cc#ccc1. The fourth-order valence-electron chi connectivity index (χ4n) is 3.10. The highest BCUT2D eigenvalue weighted by molar-refractivity contribution is 5.73. The highest BCUT2D eigenvalue weighted by Crippen LogP contribution is 2.40. The maximum Gasteiger partial charge on any atom is 0.417 e. The van der Waals surface area contributed by atoms with Crippen LogP contribution in [-0.2, 0) is 11.3 Å². The van der Waals surface area contributed by atoms with Gasteiger partial charge in [-0.3, -0.25) is 0 Å². The lowest BCUT2D eigenvalue weighted by molar-refractivity contribution is -0.0922. The second-order valence-electron chi connectivity index (χ2n) is 6.15. The zero-order chi connectivity index (χ0) is 20.3. The Morgan fingerprint density at radius 1 is 1.29 bits per heavy atom. The molecule has 0 saturated heterocycles. The Morgan fingerprint density at radius 3 is 2.64 bits per heavy atom. The molecule has 0 amide bonds. The third-order valence-corrected chi connectivity index (χ3v) is 4.32.